The maximum absolute atomic E-state index is 5.86. The molecule has 2 heteroatoms. The lowest BCUT2D eigenvalue weighted by molar-refractivity contribution is 0.304. The Morgan fingerprint density at radius 1 is 1.05 bits per heavy atom. The van der Waals surface area contributed by atoms with Crippen molar-refractivity contribution in [3.63, 3.8) is 0 Å². The average molecular weight is 259 g/mol. The summed E-state index contributed by atoms with van der Waals surface area (Å²) >= 11 is 0. The van der Waals surface area contributed by atoms with E-state index >= 15 is 0 Å². The molecule has 3 rings (SSSR count). The molecule has 0 aromatic heterocycles. The first-order chi connectivity index (χ1) is 9.42. The van der Waals surface area contributed by atoms with Gasteiger partial charge in [0, 0.05) is 6.04 Å². The molecular formula is C17H25NO. The summed E-state index contributed by atoms with van der Waals surface area (Å²) in [5.41, 5.74) is 3.02. The van der Waals surface area contributed by atoms with Crippen molar-refractivity contribution in [3.8, 4) is 5.75 Å². The second kappa shape index (κ2) is 6.42. The topological polar surface area (TPSA) is 21.3 Å². The van der Waals surface area contributed by atoms with Crippen LogP contribution in [0.3, 0.4) is 0 Å². The van der Waals surface area contributed by atoms with Gasteiger partial charge in [0.1, 0.15) is 5.75 Å². The van der Waals surface area contributed by atoms with Gasteiger partial charge in [-0.3, -0.25) is 0 Å². The number of aryl methyl sites for hydroxylation is 2. The second-order valence-electron chi connectivity index (χ2n) is 5.92. The third-order valence-electron chi connectivity index (χ3n) is 4.45. The number of benzene rings is 1. The predicted octanol–water partition coefficient (Wildman–Crippen LogP) is 3.48. The van der Waals surface area contributed by atoms with Gasteiger partial charge in [0.25, 0.3) is 0 Å². The largest absolute Gasteiger partial charge is 0.494 e. The van der Waals surface area contributed by atoms with E-state index in [0.717, 1.165) is 31.4 Å². The highest BCUT2D eigenvalue weighted by Gasteiger charge is 2.13. The standard InChI is InChI=1S/C17H25NO/c1-2-8-16(7-1)18-11-4-12-19-17-10-9-14-5-3-6-15(14)13-17/h9-10,13,16,18H,1-8,11-12H2. The molecule has 2 aliphatic carbocycles. The molecule has 0 atom stereocenters. The Bertz CT molecular complexity index is 410. The summed E-state index contributed by atoms with van der Waals surface area (Å²) in [6.45, 7) is 1.92. The van der Waals surface area contributed by atoms with Gasteiger partial charge in [-0.15, -0.1) is 0 Å². The lowest BCUT2D eigenvalue weighted by Gasteiger charge is -2.12. The minimum Gasteiger partial charge on any atom is -0.494 e. The number of hydrogen-bond donors (Lipinski definition) is 1. The molecule has 0 unspecified atom stereocenters. The number of ether oxygens (including phenoxy) is 1. The van der Waals surface area contributed by atoms with Crippen molar-refractivity contribution in [1.82, 2.24) is 5.32 Å². The second-order valence-corrected chi connectivity index (χ2v) is 5.92. The van der Waals surface area contributed by atoms with E-state index in [1.165, 1.54) is 56.1 Å². The van der Waals surface area contributed by atoms with E-state index in [1.54, 1.807) is 0 Å². The molecule has 2 aliphatic rings. The summed E-state index contributed by atoms with van der Waals surface area (Å²) in [5, 5.41) is 3.63. The van der Waals surface area contributed by atoms with Crippen LogP contribution in [0.25, 0.3) is 0 Å². The van der Waals surface area contributed by atoms with Gasteiger partial charge in [-0.05, 0) is 68.3 Å². The fraction of sp³-hybridized carbons (Fsp3) is 0.647. The molecule has 1 fully saturated rings. The van der Waals surface area contributed by atoms with Gasteiger partial charge in [0.2, 0.25) is 0 Å². The molecule has 1 aromatic carbocycles. The predicted molar refractivity (Wildman–Crippen MR) is 78.8 cm³/mol. The number of fused-ring (bicyclic) bond motifs is 1. The van der Waals surface area contributed by atoms with Gasteiger partial charge >= 0.3 is 0 Å². The fourth-order valence-electron chi connectivity index (χ4n) is 3.34. The lowest BCUT2D eigenvalue weighted by atomic mass is 10.1. The Balaban J connectivity index is 1.35. The Morgan fingerprint density at radius 2 is 1.89 bits per heavy atom. The summed E-state index contributed by atoms with van der Waals surface area (Å²) < 4.78 is 5.86. The number of rotatable bonds is 6. The molecule has 0 aliphatic heterocycles. The molecule has 0 amide bonds. The Morgan fingerprint density at radius 3 is 2.79 bits per heavy atom. The van der Waals surface area contributed by atoms with Crippen molar-refractivity contribution in [1.29, 1.82) is 0 Å². The van der Waals surface area contributed by atoms with Gasteiger partial charge in [0.05, 0.1) is 6.61 Å². The molecule has 19 heavy (non-hydrogen) atoms. The van der Waals surface area contributed by atoms with Crippen molar-refractivity contribution in [2.75, 3.05) is 13.2 Å². The smallest absolute Gasteiger partial charge is 0.119 e. The summed E-state index contributed by atoms with van der Waals surface area (Å²) in [6, 6.07) is 7.40. The van der Waals surface area contributed by atoms with Crippen molar-refractivity contribution in [2.24, 2.45) is 0 Å². The summed E-state index contributed by atoms with van der Waals surface area (Å²) in [4.78, 5) is 0. The van der Waals surface area contributed by atoms with Crippen LogP contribution in [-0.4, -0.2) is 19.2 Å². The van der Waals surface area contributed by atoms with Crippen LogP contribution in [-0.2, 0) is 12.8 Å². The molecular weight excluding hydrogens is 234 g/mol. The monoisotopic (exact) mass is 259 g/mol. The van der Waals surface area contributed by atoms with E-state index < -0.39 is 0 Å². The number of nitrogens with one attached hydrogen (secondary N) is 1. The Labute approximate surface area is 116 Å². The highest BCUT2D eigenvalue weighted by Crippen LogP contribution is 2.26. The van der Waals surface area contributed by atoms with E-state index in [0.29, 0.717) is 0 Å². The van der Waals surface area contributed by atoms with Gasteiger partial charge in [0.15, 0.2) is 0 Å². The SMILES string of the molecule is c1cc2c(cc1OCCCNC1CCCC1)CCC2. The van der Waals surface area contributed by atoms with E-state index in [1.807, 2.05) is 0 Å². The highest BCUT2D eigenvalue weighted by atomic mass is 16.5. The van der Waals surface area contributed by atoms with Crippen LogP contribution in [0.5, 0.6) is 5.75 Å². The number of hydrogen-bond acceptors (Lipinski definition) is 2. The maximum Gasteiger partial charge on any atom is 0.119 e. The molecule has 2 nitrogen and oxygen atoms in total. The van der Waals surface area contributed by atoms with Crippen LogP contribution in [0.15, 0.2) is 18.2 Å². The normalized spacial score (nSPS) is 18.7. The van der Waals surface area contributed by atoms with Crippen LogP contribution in [0.2, 0.25) is 0 Å². The zero-order chi connectivity index (χ0) is 12.9. The van der Waals surface area contributed by atoms with Gasteiger partial charge in [-0.2, -0.15) is 0 Å². The van der Waals surface area contributed by atoms with Crippen LogP contribution < -0.4 is 10.1 Å². The molecule has 1 saturated carbocycles. The first-order valence-electron chi connectivity index (χ1n) is 7.90. The summed E-state index contributed by atoms with van der Waals surface area (Å²) in [5.74, 6) is 1.06. The fourth-order valence-corrected chi connectivity index (χ4v) is 3.34. The quantitative estimate of drug-likeness (QED) is 0.790. The third-order valence-corrected chi connectivity index (χ3v) is 4.45. The molecule has 0 bridgehead atoms. The van der Waals surface area contributed by atoms with Crippen molar-refractivity contribution >= 4 is 0 Å². The molecule has 1 N–H and O–H groups in total. The third kappa shape index (κ3) is 3.50. The first-order valence-corrected chi connectivity index (χ1v) is 7.90. The lowest BCUT2D eigenvalue weighted by Crippen LogP contribution is -2.27. The van der Waals surface area contributed by atoms with Gasteiger partial charge < -0.3 is 10.1 Å². The molecule has 1 aromatic rings. The van der Waals surface area contributed by atoms with Crippen molar-refractivity contribution in [3.05, 3.63) is 29.3 Å². The molecule has 0 spiro atoms. The zero-order valence-electron chi connectivity index (χ0n) is 11.8. The minimum absolute atomic E-state index is 0.778. The maximum atomic E-state index is 5.86. The molecule has 104 valence electrons. The van der Waals surface area contributed by atoms with Gasteiger partial charge in [-0.25, -0.2) is 0 Å². The van der Waals surface area contributed by atoms with E-state index in [9.17, 15) is 0 Å². The van der Waals surface area contributed by atoms with Crippen LogP contribution >= 0.6 is 0 Å². The Hall–Kier alpha value is -1.02. The first kappa shape index (κ1) is 13.0. The minimum atomic E-state index is 0.778. The van der Waals surface area contributed by atoms with Crippen molar-refractivity contribution in [2.45, 2.75) is 57.4 Å². The Kier molecular flexibility index (Phi) is 4.39. The average Bonchev–Trinajstić information content (AvgIpc) is 3.08. The van der Waals surface area contributed by atoms with Crippen molar-refractivity contribution < 1.29 is 4.74 Å². The van der Waals surface area contributed by atoms with E-state index in [4.69, 9.17) is 4.74 Å². The van der Waals surface area contributed by atoms with Crippen LogP contribution in [0, 0.1) is 0 Å². The zero-order valence-corrected chi connectivity index (χ0v) is 11.8. The molecule has 0 saturated heterocycles. The van der Waals surface area contributed by atoms with Crippen LogP contribution in [0.4, 0.5) is 0 Å². The summed E-state index contributed by atoms with van der Waals surface area (Å²) in [7, 11) is 0. The van der Waals surface area contributed by atoms with Gasteiger partial charge in [-0.1, -0.05) is 18.9 Å². The van der Waals surface area contributed by atoms with Crippen LogP contribution in [0.1, 0.15) is 49.7 Å². The highest BCUT2D eigenvalue weighted by molar-refractivity contribution is 5.38. The summed E-state index contributed by atoms with van der Waals surface area (Å²) in [6.07, 6.45) is 10.4. The molecule has 0 heterocycles. The molecule has 0 radical (unpaired) electrons. The van der Waals surface area contributed by atoms with E-state index in [2.05, 4.69) is 23.5 Å². The van der Waals surface area contributed by atoms with E-state index in [-0.39, 0.29) is 0 Å².